The van der Waals surface area contributed by atoms with E-state index in [0.29, 0.717) is 0 Å². The van der Waals surface area contributed by atoms with Crippen molar-refractivity contribution in [2.75, 3.05) is 19.0 Å². The number of nitrogens with zero attached hydrogens (tertiary/aromatic N) is 1. The summed E-state index contributed by atoms with van der Waals surface area (Å²) < 4.78 is 4.69. The summed E-state index contributed by atoms with van der Waals surface area (Å²) in [6, 6.07) is 6.42. The molecule has 7 heteroatoms. The molecule has 0 unspecified atom stereocenters. The average Bonchev–Trinajstić information content (AvgIpc) is 3.31. The van der Waals surface area contributed by atoms with Crippen molar-refractivity contribution in [1.82, 2.24) is 4.90 Å². The van der Waals surface area contributed by atoms with Crippen molar-refractivity contribution in [2.45, 2.75) is 6.42 Å². The van der Waals surface area contributed by atoms with Crippen molar-refractivity contribution in [1.29, 1.82) is 0 Å². The van der Waals surface area contributed by atoms with Gasteiger partial charge in [-0.3, -0.25) is 19.3 Å². The minimum atomic E-state index is -0.577. The monoisotopic (exact) mass is 354 g/mol. The minimum Gasteiger partial charge on any atom is -0.465 e. The molecule has 2 bridgehead atoms. The Hall–Kier alpha value is -2.96. The lowest BCUT2D eigenvalue weighted by Gasteiger charge is -2.17. The van der Waals surface area contributed by atoms with E-state index in [9.17, 15) is 19.2 Å². The molecule has 0 radical (unpaired) electrons. The van der Waals surface area contributed by atoms with Gasteiger partial charge in [-0.15, -0.1) is 0 Å². The van der Waals surface area contributed by atoms with Crippen LogP contribution >= 0.6 is 0 Å². The van der Waals surface area contributed by atoms with Crippen LogP contribution in [0.2, 0.25) is 0 Å². The number of para-hydroxylation sites is 1. The lowest BCUT2D eigenvalue weighted by Crippen LogP contribution is -2.39. The molecule has 1 N–H and O–H groups in total. The van der Waals surface area contributed by atoms with Crippen molar-refractivity contribution in [3.05, 3.63) is 42.0 Å². The van der Waals surface area contributed by atoms with Gasteiger partial charge in [0.05, 0.1) is 30.2 Å². The number of hydrogen-bond donors (Lipinski definition) is 1. The first kappa shape index (κ1) is 16.5. The number of likely N-dealkylation sites (tertiary alicyclic amines) is 1. The fourth-order valence-corrected chi connectivity index (χ4v) is 4.33. The zero-order valence-electron chi connectivity index (χ0n) is 14.2. The summed E-state index contributed by atoms with van der Waals surface area (Å²) in [4.78, 5) is 50.5. The number of amides is 3. The molecule has 1 aromatic carbocycles. The van der Waals surface area contributed by atoms with Gasteiger partial charge in [0.1, 0.15) is 6.54 Å². The third kappa shape index (κ3) is 2.42. The number of carbonyl (C=O) groups excluding carboxylic acids is 4. The van der Waals surface area contributed by atoms with Crippen LogP contribution in [0.1, 0.15) is 16.8 Å². The molecule has 1 aromatic rings. The molecule has 4 rings (SSSR count). The molecule has 1 saturated heterocycles. The van der Waals surface area contributed by atoms with E-state index in [1.807, 2.05) is 12.2 Å². The van der Waals surface area contributed by atoms with E-state index in [1.165, 1.54) is 13.2 Å². The molecule has 1 heterocycles. The lowest BCUT2D eigenvalue weighted by atomic mass is 9.85. The van der Waals surface area contributed by atoms with Crippen LogP contribution in [-0.2, 0) is 19.1 Å². The molecule has 2 fully saturated rings. The van der Waals surface area contributed by atoms with Crippen LogP contribution in [-0.4, -0.2) is 42.2 Å². The van der Waals surface area contributed by atoms with Crippen LogP contribution in [0, 0.1) is 23.7 Å². The predicted octanol–water partition coefficient (Wildman–Crippen LogP) is 1.22. The number of fused-ring (bicyclic) bond motifs is 5. The standard InChI is InChI=1S/C19H18N2O5/c1-26-19(25)12-4-2-3-5-13(12)20-14(22)9-21-17(23)15-10-6-7-11(8-10)16(15)18(21)24/h2-7,10-11,15-16H,8-9H2,1H3,(H,20,22)/t10-,11-,15-,16+/m0/s1. The van der Waals surface area contributed by atoms with Gasteiger partial charge in [-0.2, -0.15) is 0 Å². The number of esters is 1. The van der Waals surface area contributed by atoms with Crippen LogP contribution in [0.25, 0.3) is 0 Å². The second-order valence-corrected chi connectivity index (χ2v) is 6.85. The zero-order valence-corrected chi connectivity index (χ0v) is 14.2. The molecular weight excluding hydrogens is 336 g/mol. The molecule has 1 aliphatic heterocycles. The zero-order chi connectivity index (χ0) is 18.4. The number of anilines is 1. The van der Waals surface area contributed by atoms with Gasteiger partial charge in [0.2, 0.25) is 17.7 Å². The van der Waals surface area contributed by atoms with Gasteiger partial charge in [0, 0.05) is 0 Å². The van der Waals surface area contributed by atoms with E-state index in [4.69, 9.17) is 4.74 Å². The van der Waals surface area contributed by atoms with Crippen molar-refractivity contribution < 1.29 is 23.9 Å². The summed E-state index contributed by atoms with van der Waals surface area (Å²) in [6.45, 7) is -0.348. The van der Waals surface area contributed by atoms with Crippen LogP contribution < -0.4 is 5.32 Å². The number of ether oxygens (including phenoxy) is 1. The van der Waals surface area contributed by atoms with Crippen LogP contribution in [0.15, 0.2) is 36.4 Å². The van der Waals surface area contributed by atoms with Crippen LogP contribution in [0.5, 0.6) is 0 Å². The highest BCUT2D eigenvalue weighted by atomic mass is 16.5. The summed E-state index contributed by atoms with van der Waals surface area (Å²) in [5, 5.41) is 2.60. The van der Waals surface area contributed by atoms with E-state index in [2.05, 4.69) is 5.32 Å². The maximum Gasteiger partial charge on any atom is 0.339 e. The number of rotatable bonds is 4. The molecule has 0 aromatic heterocycles. The van der Waals surface area contributed by atoms with Crippen LogP contribution in [0.4, 0.5) is 5.69 Å². The lowest BCUT2D eigenvalue weighted by molar-refractivity contribution is -0.143. The van der Waals surface area contributed by atoms with Crippen LogP contribution in [0.3, 0.4) is 0 Å². The van der Waals surface area contributed by atoms with Gasteiger partial charge >= 0.3 is 5.97 Å². The number of benzene rings is 1. The fourth-order valence-electron chi connectivity index (χ4n) is 4.33. The number of imide groups is 1. The van der Waals surface area contributed by atoms with Gasteiger partial charge in [0.25, 0.3) is 0 Å². The number of methoxy groups -OCH3 is 1. The Labute approximate surface area is 150 Å². The number of allylic oxidation sites excluding steroid dienone is 2. The second-order valence-electron chi connectivity index (χ2n) is 6.85. The molecule has 0 spiro atoms. The maximum absolute atomic E-state index is 12.6. The third-order valence-electron chi connectivity index (χ3n) is 5.47. The Morgan fingerprint density at radius 3 is 2.35 bits per heavy atom. The second kappa shape index (κ2) is 6.09. The molecule has 1 saturated carbocycles. The largest absolute Gasteiger partial charge is 0.465 e. The smallest absolute Gasteiger partial charge is 0.339 e. The number of hydrogen-bond acceptors (Lipinski definition) is 5. The normalized spacial score (nSPS) is 28.4. The molecule has 2 aliphatic carbocycles. The molecule has 4 atom stereocenters. The highest BCUT2D eigenvalue weighted by molar-refractivity contribution is 6.10. The predicted molar refractivity (Wildman–Crippen MR) is 90.8 cm³/mol. The number of nitrogens with one attached hydrogen (secondary N) is 1. The quantitative estimate of drug-likeness (QED) is 0.499. The van der Waals surface area contributed by atoms with E-state index in [-0.39, 0.29) is 53.3 Å². The Morgan fingerprint density at radius 1 is 1.12 bits per heavy atom. The summed E-state index contributed by atoms with van der Waals surface area (Å²) >= 11 is 0. The molecular formula is C19H18N2O5. The molecule has 3 aliphatic rings. The number of carbonyl (C=O) groups is 4. The molecule has 134 valence electrons. The topological polar surface area (TPSA) is 92.8 Å². The Balaban J connectivity index is 1.48. The van der Waals surface area contributed by atoms with Gasteiger partial charge in [-0.25, -0.2) is 4.79 Å². The van der Waals surface area contributed by atoms with E-state index >= 15 is 0 Å². The van der Waals surface area contributed by atoms with E-state index < -0.39 is 11.9 Å². The molecule has 7 nitrogen and oxygen atoms in total. The Morgan fingerprint density at radius 2 is 1.73 bits per heavy atom. The summed E-state index contributed by atoms with van der Waals surface area (Å²) in [5.41, 5.74) is 0.493. The van der Waals surface area contributed by atoms with Crippen molar-refractivity contribution in [2.24, 2.45) is 23.7 Å². The van der Waals surface area contributed by atoms with Gasteiger partial charge in [-0.05, 0) is 30.4 Å². The SMILES string of the molecule is COC(=O)c1ccccc1NC(=O)CN1C(=O)[C@@H]2[C@H](C1=O)[C@H]1C=C[C@H]2C1. The van der Waals surface area contributed by atoms with Crippen molar-refractivity contribution in [3.8, 4) is 0 Å². The first-order valence-corrected chi connectivity index (χ1v) is 8.52. The average molecular weight is 354 g/mol. The summed E-state index contributed by atoms with van der Waals surface area (Å²) in [6.07, 6.45) is 4.86. The van der Waals surface area contributed by atoms with Crippen molar-refractivity contribution in [3.63, 3.8) is 0 Å². The van der Waals surface area contributed by atoms with Gasteiger partial charge in [-0.1, -0.05) is 24.3 Å². The van der Waals surface area contributed by atoms with E-state index in [0.717, 1.165) is 11.3 Å². The highest BCUT2D eigenvalue weighted by Crippen LogP contribution is 2.52. The Kier molecular flexibility index (Phi) is 3.86. The Bertz CT molecular complexity index is 816. The summed E-state index contributed by atoms with van der Waals surface area (Å²) in [5.74, 6) is -2.08. The highest BCUT2D eigenvalue weighted by Gasteiger charge is 2.59. The fraction of sp³-hybridized carbons (Fsp3) is 0.368. The molecule has 3 amide bonds. The van der Waals surface area contributed by atoms with Gasteiger partial charge in [0.15, 0.2) is 0 Å². The first-order valence-electron chi connectivity index (χ1n) is 8.52. The minimum absolute atomic E-state index is 0.106. The maximum atomic E-state index is 12.6. The van der Waals surface area contributed by atoms with Gasteiger partial charge < -0.3 is 10.1 Å². The molecule has 26 heavy (non-hydrogen) atoms. The summed E-state index contributed by atoms with van der Waals surface area (Å²) in [7, 11) is 1.25. The first-order chi connectivity index (χ1) is 12.5. The van der Waals surface area contributed by atoms with E-state index in [1.54, 1.807) is 18.2 Å². The van der Waals surface area contributed by atoms with Crippen molar-refractivity contribution >= 4 is 29.4 Å². The third-order valence-corrected chi connectivity index (χ3v) is 5.47.